The summed E-state index contributed by atoms with van der Waals surface area (Å²) < 4.78 is 37.7. The van der Waals surface area contributed by atoms with Crippen LogP contribution in [-0.4, -0.2) is 30.7 Å². The molecule has 0 aliphatic carbocycles. The zero-order valence-electron chi connectivity index (χ0n) is 13.3. The van der Waals surface area contributed by atoms with E-state index in [0.29, 0.717) is 0 Å². The maximum Gasteiger partial charge on any atom is 0.248 e. The second-order valence-electron chi connectivity index (χ2n) is 6.41. The van der Waals surface area contributed by atoms with Crippen molar-refractivity contribution < 1.29 is 17.6 Å². The van der Waals surface area contributed by atoms with Crippen LogP contribution < -0.4 is 11.5 Å². The molecule has 8 heteroatoms. The molecule has 0 aromatic heterocycles. The molecule has 1 aromatic carbocycles. The lowest BCUT2D eigenvalue weighted by Crippen LogP contribution is -2.45. The number of hydrogen-bond acceptors (Lipinski definition) is 5. The molecule has 1 atom stereocenters. The summed E-state index contributed by atoms with van der Waals surface area (Å²) in [7, 11) is -3.53. The van der Waals surface area contributed by atoms with Crippen LogP contribution in [-0.2, 0) is 15.4 Å². The number of hydrogen-bond donors (Lipinski definition) is 2. The monoisotopic (exact) mass is 341 g/mol. The Kier molecular flexibility index (Phi) is 4.00. The number of aliphatic imine (C=N–C) groups is 1. The minimum atomic E-state index is -3.53. The lowest BCUT2D eigenvalue weighted by atomic mass is 9.88. The van der Waals surface area contributed by atoms with Gasteiger partial charge in [-0.3, -0.25) is 9.79 Å². The van der Waals surface area contributed by atoms with E-state index in [9.17, 15) is 17.6 Å². The van der Waals surface area contributed by atoms with Gasteiger partial charge in [-0.25, -0.2) is 12.8 Å². The molecular formula is C15H20FN3O3S. The molecule has 23 heavy (non-hydrogen) atoms. The normalized spacial score (nSPS) is 26.2. The van der Waals surface area contributed by atoms with E-state index in [2.05, 4.69) is 4.99 Å². The van der Waals surface area contributed by atoms with Crippen LogP contribution in [0.4, 0.5) is 4.39 Å². The maximum absolute atomic E-state index is 14.3. The van der Waals surface area contributed by atoms with E-state index < -0.39 is 31.8 Å². The fourth-order valence-electron chi connectivity index (χ4n) is 2.49. The third-order valence-corrected chi connectivity index (χ3v) is 6.96. The highest BCUT2D eigenvalue weighted by Gasteiger charge is 2.45. The number of rotatable bonds is 2. The smallest absolute Gasteiger partial charge is 0.248 e. The fraction of sp³-hybridized carbons (Fsp3) is 0.467. The number of primary amides is 1. The number of carbonyl (C=O) groups excluding carboxylic acids is 1. The molecule has 1 heterocycles. The minimum absolute atomic E-state index is 0.0542. The van der Waals surface area contributed by atoms with Crippen LogP contribution in [0.5, 0.6) is 0 Å². The van der Waals surface area contributed by atoms with E-state index in [0.717, 1.165) is 6.07 Å². The number of sulfone groups is 1. The van der Waals surface area contributed by atoms with Crippen LogP contribution in [0.15, 0.2) is 23.2 Å². The zero-order chi connectivity index (χ0) is 17.6. The number of carbonyl (C=O) groups is 1. The van der Waals surface area contributed by atoms with Gasteiger partial charge >= 0.3 is 0 Å². The Labute approximate surface area is 134 Å². The Morgan fingerprint density at radius 2 is 1.91 bits per heavy atom. The third-order valence-electron chi connectivity index (χ3n) is 4.45. The van der Waals surface area contributed by atoms with Gasteiger partial charge in [0.05, 0.1) is 11.3 Å². The molecule has 6 nitrogen and oxygen atoms in total. The topological polar surface area (TPSA) is 116 Å². The third kappa shape index (κ3) is 2.83. The molecule has 4 N–H and O–H groups in total. The highest BCUT2D eigenvalue weighted by Crippen LogP contribution is 2.37. The first-order valence-electron chi connectivity index (χ1n) is 7.09. The predicted molar refractivity (Wildman–Crippen MR) is 86.4 cm³/mol. The number of halogens is 1. The van der Waals surface area contributed by atoms with Crippen molar-refractivity contribution in [3.63, 3.8) is 0 Å². The van der Waals surface area contributed by atoms with Gasteiger partial charge in [0.1, 0.15) is 16.4 Å². The van der Waals surface area contributed by atoms with Gasteiger partial charge in [0.25, 0.3) is 0 Å². The maximum atomic E-state index is 14.3. The van der Waals surface area contributed by atoms with Crippen molar-refractivity contribution in [3.8, 4) is 0 Å². The van der Waals surface area contributed by atoms with Crippen molar-refractivity contribution in [3.05, 3.63) is 35.1 Å². The van der Waals surface area contributed by atoms with Gasteiger partial charge in [-0.1, -0.05) is 0 Å². The number of amides is 1. The lowest BCUT2D eigenvalue weighted by Gasteiger charge is -2.26. The Morgan fingerprint density at radius 3 is 2.48 bits per heavy atom. The zero-order valence-corrected chi connectivity index (χ0v) is 14.1. The van der Waals surface area contributed by atoms with E-state index in [-0.39, 0.29) is 29.1 Å². The SMILES string of the molecule is CC1(C)C(N)=N[C@@](C)(c2cc(C(N)=O)ccc2F)CCS1(=O)=O. The molecule has 0 radical (unpaired) electrons. The largest absolute Gasteiger partial charge is 0.386 e. The van der Waals surface area contributed by atoms with Gasteiger partial charge in [0.15, 0.2) is 9.84 Å². The average Bonchev–Trinajstić information content (AvgIpc) is 2.50. The molecule has 0 saturated heterocycles. The summed E-state index contributed by atoms with van der Waals surface area (Å²) in [5.41, 5.74) is 10.2. The van der Waals surface area contributed by atoms with Gasteiger partial charge in [-0.05, 0) is 45.4 Å². The molecule has 1 amide bonds. The van der Waals surface area contributed by atoms with Crippen molar-refractivity contribution >= 4 is 21.6 Å². The second kappa shape index (κ2) is 5.30. The van der Waals surface area contributed by atoms with Gasteiger partial charge < -0.3 is 11.5 Å². The molecule has 0 saturated carbocycles. The van der Waals surface area contributed by atoms with Gasteiger partial charge in [-0.15, -0.1) is 0 Å². The van der Waals surface area contributed by atoms with Gasteiger partial charge in [0, 0.05) is 11.1 Å². The lowest BCUT2D eigenvalue weighted by molar-refractivity contribution is 0.1000. The molecule has 0 bridgehead atoms. The van der Waals surface area contributed by atoms with Crippen LogP contribution in [0.3, 0.4) is 0 Å². The van der Waals surface area contributed by atoms with E-state index >= 15 is 0 Å². The van der Waals surface area contributed by atoms with E-state index in [4.69, 9.17) is 11.5 Å². The number of nitrogens with two attached hydrogens (primary N) is 2. The molecule has 1 aromatic rings. The molecule has 0 unspecified atom stereocenters. The van der Waals surface area contributed by atoms with Crippen LogP contribution in [0.2, 0.25) is 0 Å². The van der Waals surface area contributed by atoms with Crippen molar-refractivity contribution in [1.82, 2.24) is 0 Å². The summed E-state index contributed by atoms with van der Waals surface area (Å²) >= 11 is 0. The predicted octanol–water partition coefficient (Wildman–Crippen LogP) is 1.09. The van der Waals surface area contributed by atoms with Crippen molar-refractivity contribution in [2.75, 3.05) is 5.75 Å². The Morgan fingerprint density at radius 1 is 1.30 bits per heavy atom. The van der Waals surface area contributed by atoms with E-state index in [1.807, 2.05) is 0 Å². The van der Waals surface area contributed by atoms with Crippen LogP contribution in [0.25, 0.3) is 0 Å². The van der Waals surface area contributed by atoms with Crippen molar-refractivity contribution in [1.29, 1.82) is 0 Å². The molecule has 2 rings (SSSR count). The first kappa shape index (κ1) is 17.4. The molecule has 1 aliphatic rings. The number of amidine groups is 1. The summed E-state index contributed by atoms with van der Waals surface area (Å²) in [4.78, 5) is 15.6. The standard InChI is InChI=1S/C15H20FN3O3S/c1-14(2)13(18)19-15(3,6-7-23(14,21)22)10-8-9(12(17)20)4-5-11(10)16/h4-5,8H,6-7H2,1-3H3,(H2,17,20)(H2,18,19)/t15-/m1/s1. The van der Waals surface area contributed by atoms with Gasteiger partial charge in [0.2, 0.25) is 5.91 Å². The molecular weight excluding hydrogens is 321 g/mol. The average molecular weight is 341 g/mol. The first-order chi connectivity index (χ1) is 10.4. The van der Waals surface area contributed by atoms with Gasteiger partial charge in [-0.2, -0.15) is 0 Å². The summed E-state index contributed by atoms with van der Waals surface area (Å²) in [6.07, 6.45) is 0.0542. The highest BCUT2D eigenvalue weighted by atomic mass is 32.2. The fourth-order valence-corrected chi connectivity index (χ4v) is 4.03. The second-order valence-corrected chi connectivity index (χ2v) is 9.07. The van der Waals surface area contributed by atoms with E-state index in [1.54, 1.807) is 6.92 Å². The van der Waals surface area contributed by atoms with Crippen molar-refractivity contribution in [2.24, 2.45) is 16.5 Å². The number of benzene rings is 1. The molecule has 1 aliphatic heterocycles. The summed E-state index contributed by atoms with van der Waals surface area (Å²) in [5, 5.41) is 0. The van der Waals surface area contributed by atoms with Crippen LogP contribution >= 0.6 is 0 Å². The summed E-state index contributed by atoms with van der Waals surface area (Å²) in [6, 6.07) is 3.70. The molecule has 126 valence electrons. The molecule has 0 fully saturated rings. The van der Waals surface area contributed by atoms with Crippen LogP contribution in [0.1, 0.15) is 43.1 Å². The number of nitrogens with zero attached hydrogens (tertiary/aromatic N) is 1. The van der Waals surface area contributed by atoms with E-state index in [1.165, 1.54) is 26.0 Å². The highest BCUT2D eigenvalue weighted by molar-refractivity contribution is 7.93. The minimum Gasteiger partial charge on any atom is -0.386 e. The van der Waals surface area contributed by atoms with Crippen molar-refractivity contribution in [2.45, 2.75) is 37.5 Å². The Bertz CT molecular complexity index is 802. The first-order valence-corrected chi connectivity index (χ1v) is 8.74. The molecule has 0 spiro atoms. The Hall–Kier alpha value is -1.96. The summed E-state index contributed by atoms with van der Waals surface area (Å²) in [6.45, 7) is 4.55. The van der Waals surface area contributed by atoms with Crippen LogP contribution in [0, 0.1) is 5.82 Å². The quantitative estimate of drug-likeness (QED) is 0.837. The summed E-state index contributed by atoms with van der Waals surface area (Å²) in [5.74, 6) is -1.57. The Balaban J connectivity index is 2.66.